The zero-order valence-corrected chi connectivity index (χ0v) is 12.5. The molecular weight excluding hydrogens is 224 g/mol. The molecule has 0 fully saturated rings. The summed E-state index contributed by atoms with van der Waals surface area (Å²) in [7, 11) is 4.19. The van der Waals surface area contributed by atoms with Crippen molar-refractivity contribution in [1.82, 2.24) is 14.5 Å². The average molecular weight is 250 g/mol. The van der Waals surface area contributed by atoms with Crippen LogP contribution >= 0.6 is 0 Å². The Morgan fingerprint density at radius 1 is 1.28 bits per heavy atom. The normalized spacial score (nSPS) is 14.8. The fraction of sp³-hybridized carbons (Fsp3) is 0.643. The highest BCUT2D eigenvalue weighted by Gasteiger charge is 2.21. The average Bonchev–Trinajstić information content (AvgIpc) is 2.52. The fourth-order valence-corrected chi connectivity index (χ4v) is 2.52. The van der Waals surface area contributed by atoms with Crippen molar-refractivity contribution in [3.8, 4) is 0 Å². The maximum Gasteiger partial charge on any atom is 0.201 e. The number of hydrogen-bond donors (Lipinski definition) is 1. The molecule has 2 N–H and O–H groups in total. The number of imidazole rings is 1. The summed E-state index contributed by atoms with van der Waals surface area (Å²) in [6.45, 7) is 10.4. The number of hydrogen-bond acceptors (Lipinski definition) is 3. The van der Waals surface area contributed by atoms with E-state index in [1.54, 1.807) is 0 Å². The number of nitrogens with zero attached hydrogens (tertiary/aromatic N) is 3. The molecule has 0 saturated heterocycles. The van der Waals surface area contributed by atoms with Crippen molar-refractivity contribution < 1.29 is 0 Å². The van der Waals surface area contributed by atoms with Gasteiger partial charge in [-0.3, -0.25) is 0 Å². The van der Waals surface area contributed by atoms with Gasteiger partial charge in [-0.1, -0.05) is 26.0 Å². The third-order valence-corrected chi connectivity index (χ3v) is 2.94. The van der Waals surface area contributed by atoms with Crippen molar-refractivity contribution in [3.05, 3.63) is 10.7 Å². The van der Waals surface area contributed by atoms with Crippen molar-refractivity contribution in [1.29, 1.82) is 0 Å². The SMILES string of the molecule is CC=c1nc(N)n(CC(C)(C)CN(C)C)c1=CC. The summed E-state index contributed by atoms with van der Waals surface area (Å²) < 4.78 is 2.11. The molecule has 0 radical (unpaired) electrons. The molecule has 0 bridgehead atoms. The van der Waals surface area contributed by atoms with Crippen LogP contribution in [0.15, 0.2) is 0 Å². The monoisotopic (exact) mass is 250 g/mol. The second-order valence-corrected chi connectivity index (χ2v) is 5.81. The largest absolute Gasteiger partial charge is 0.369 e. The lowest BCUT2D eigenvalue weighted by Gasteiger charge is -2.29. The number of nitrogens with two attached hydrogens (primary N) is 1. The minimum absolute atomic E-state index is 0.154. The summed E-state index contributed by atoms with van der Waals surface area (Å²) in [4.78, 5) is 6.61. The van der Waals surface area contributed by atoms with E-state index in [-0.39, 0.29) is 5.41 Å². The van der Waals surface area contributed by atoms with E-state index in [0.29, 0.717) is 5.95 Å². The van der Waals surface area contributed by atoms with Gasteiger partial charge < -0.3 is 15.2 Å². The van der Waals surface area contributed by atoms with E-state index in [9.17, 15) is 0 Å². The van der Waals surface area contributed by atoms with Crippen LogP contribution in [-0.2, 0) is 6.54 Å². The van der Waals surface area contributed by atoms with Gasteiger partial charge in [0.15, 0.2) is 0 Å². The van der Waals surface area contributed by atoms with Gasteiger partial charge >= 0.3 is 0 Å². The number of anilines is 1. The number of nitrogen functional groups attached to an aromatic ring is 1. The fourth-order valence-electron chi connectivity index (χ4n) is 2.52. The summed E-state index contributed by atoms with van der Waals surface area (Å²) in [5, 5.41) is 2.08. The van der Waals surface area contributed by atoms with Crippen LogP contribution in [-0.4, -0.2) is 35.1 Å². The number of aromatic nitrogens is 2. The van der Waals surface area contributed by atoms with Crippen molar-refractivity contribution in [2.45, 2.75) is 34.2 Å². The third kappa shape index (κ3) is 3.35. The van der Waals surface area contributed by atoms with Gasteiger partial charge in [0.05, 0.1) is 10.7 Å². The van der Waals surface area contributed by atoms with Gasteiger partial charge in [-0.15, -0.1) is 0 Å². The van der Waals surface area contributed by atoms with E-state index >= 15 is 0 Å². The van der Waals surface area contributed by atoms with Gasteiger partial charge in [0, 0.05) is 13.1 Å². The summed E-state index contributed by atoms with van der Waals surface area (Å²) in [5.74, 6) is 0.600. The first kappa shape index (κ1) is 14.8. The van der Waals surface area contributed by atoms with E-state index < -0.39 is 0 Å². The van der Waals surface area contributed by atoms with Gasteiger partial charge in [0.2, 0.25) is 5.95 Å². The van der Waals surface area contributed by atoms with Crippen LogP contribution in [0.3, 0.4) is 0 Å². The maximum absolute atomic E-state index is 6.03. The quantitative estimate of drug-likeness (QED) is 0.854. The molecule has 102 valence electrons. The molecule has 0 spiro atoms. The van der Waals surface area contributed by atoms with Gasteiger partial charge in [-0.05, 0) is 33.4 Å². The summed E-state index contributed by atoms with van der Waals surface area (Å²) in [5.41, 5.74) is 6.18. The second kappa shape index (κ2) is 5.57. The molecule has 1 aromatic heterocycles. The molecule has 0 aliphatic rings. The van der Waals surface area contributed by atoms with E-state index in [2.05, 4.69) is 48.5 Å². The second-order valence-electron chi connectivity index (χ2n) is 5.81. The summed E-state index contributed by atoms with van der Waals surface area (Å²) >= 11 is 0. The van der Waals surface area contributed by atoms with Crippen LogP contribution in [0.4, 0.5) is 5.95 Å². The smallest absolute Gasteiger partial charge is 0.201 e. The predicted octanol–water partition coefficient (Wildman–Crippen LogP) is 0.654. The van der Waals surface area contributed by atoms with Gasteiger partial charge in [0.1, 0.15) is 0 Å². The zero-order chi connectivity index (χ0) is 13.9. The third-order valence-electron chi connectivity index (χ3n) is 2.94. The van der Waals surface area contributed by atoms with E-state index in [0.717, 1.165) is 23.8 Å². The highest BCUT2D eigenvalue weighted by molar-refractivity contribution is 5.30. The molecule has 0 aliphatic heterocycles. The molecule has 18 heavy (non-hydrogen) atoms. The minimum Gasteiger partial charge on any atom is -0.369 e. The molecule has 1 rings (SSSR count). The van der Waals surface area contributed by atoms with Crippen LogP contribution in [0.2, 0.25) is 0 Å². The lowest BCUT2D eigenvalue weighted by molar-refractivity contribution is 0.211. The molecule has 0 aromatic carbocycles. The molecular formula is C14H26N4. The summed E-state index contributed by atoms with van der Waals surface area (Å²) in [6, 6.07) is 0. The van der Waals surface area contributed by atoms with Crippen LogP contribution in [0.5, 0.6) is 0 Å². The Morgan fingerprint density at radius 3 is 2.33 bits per heavy atom. The summed E-state index contributed by atoms with van der Waals surface area (Å²) in [6.07, 6.45) is 4.07. The molecule has 1 aromatic rings. The molecule has 4 heteroatoms. The molecule has 0 atom stereocenters. The van der Waals surface area contributed by atoms with E-state index in [1.165, 1.54) is 0 Å². The van der Waals surface area contributed by atoms with Crippen LogP contribution in [0.1, 0.15) is 27.7 Å². The standard InChI is InChI=1S/C14H26N4/c1-7-11-12(8-2)18(13(15)16-11)10-14(3,4)9-17(5)6/h7-8H,9-10H2,1-6H3,(H2,15,16). The Balaban J connectivity index is 3.17. The Hall–Kier alpha value is -1.29. The lowest BCUT2D eigenvalue weighted by atomic mass is 9.93. The van der Waals surface area contributed by atoms with Crippen LogP contribution in [0.25, 0.3) is 12.2 Å². The molecule has 0 saturated carbocycles. The predicted molar refractivity (Wildman–Crippen MR) is 78.5 cm³/mol. The first-order chi connectivity index (χ1) is 8.30. The first-order valence-electron chi connectivity index (χ1n) is 6.40. The first-order valence-corrected chi connectivity index (χ1v) is 6.40. The van der Waals surface area contributed by atoms with Gasteiger partial charge in [-0.2, -0.15) is 0 Å². The molecule has 0 unspecified atom stereocenters. The van der Waals surface area contributed by atoms with Crippen molar-refractivity contribution >= 4 is 18.1 Å². The Bertz CT molecular complexity index is 509. The topological polar surface area (TPSA) is 47.1 Å². The van der Waals surface area contributed by atoms with Gasteiger partial charge in [-0.25, -0.2) is 4.98 Å². The van der Waals surface area contributed by atoms with Crippen molar-refractivity contribution in [3.63, 3.8) is 0 Å². The van der Waals surface area contributed by atoms with Crippen LogP contribution in [0, 0.1) is 5.41 Å². The lowest BCUT2D eigenvalue weighted by Crippen LogP contribution is -2.38. The van der Waals surface area contributed by atoms with Crippen molar-refractivity contribution in [2.24, 2.45) is 5.41 Å². The molecule has 1 heterocycles. The van der Waals surface area contributed by atoms with E-state index in [1.807, 2.05) is 19.9 Å². The van der Waals surface area contributed by atoms with Crippen molar-refractivity contribution in [2.75, 3.05) is 26.4 Å². The van der Waals surface area contributed by atoms with E-state index in [4.69, 9.17) is 5.73 Å². The Kier molecular flexibility index (Phi) is 4.57. The molecule has 4 nitrogen and oxygen atoms in total. The maximum atomic E-state index is 6.03. The molecule has 0 aliphatic carbocycles. The Labute approximate surface area is 110 Å². The Morgan fingerprint density at radius 2 is 1.89 bits per heavy atom. The minimum atomic E-state index is 0.154. The van der Waals surface area contributed by atoms with Gasteiger partial charge in [0.25, 0.3) is 0 Å². The number of rotatable bonds is 4. The van der Waals surface area contributed by atoms with Crippen LogP contribution < -0.4 is 16.4 Å². The zero-order valence-electron chi connectivity index (χ0n) is 12.5. The highest BCUT2D eigenvalue weighted by atomic mass is 15.2. The molecule has 0 amide bonds. The highest BCUT2D eigenvalue weighted by Crippen LogP contribution is 2.18.